The number of nitrogen functional groups attached to an aromatic ring is 1. The fourth-order valence-corrected chi connectivity index (χ4v) is 1.74. The smallest absolute Gasteiger partial charge is 0.495 e. The van der Waals surface area contributed by atoms with Crippen molar-refractivity contribution < 1.29 is 18.8 Å². The van der Waals surface area contributed by atoms with Crippen LogP contribution < -0.4 is 11.2 Å². The van der Waals surface area contributed by atoms with Gasteiger partial charge in [-0.2, -0.15) is 0 Å². The van der Waals surface area contributed by atoms with Gasteiger partial charge in [0, 0.05) is 0 Å². The first-order valence-electron chi connectivity index (χ1n) is 5.77. The first-order valence-corrected chi connectivity index (χ1v) is 5.77. The molecule has 98 valence electrons. The molecule has 6 heteroatoms. The van der Waals surface area contributed by atoms with Gasteiger partial charge in [0.1, 0.15) is 17.3 Å². The number of nitrogens with two attached hydrogens (primary N) is 1. The predicted molar refractivity (Wildman–Crippen MR) is 68.2 cm³/mol. The molecule has 3 N–H and O–H groups in total. The number of aromatic hydroxyl groups is 1. The molecule has 1 aliphatic rings. The van der Waals surface area contributed by atoms with Gasteiger partial charge in [-0.15, -0.1) is 0 Å². The normalized spacial score (nSPS) is 21.3. The van der Waals surface area contributed by atoms with E-state index in [9.17, 15) is 9.50 Å². The number of halogens is 1. The lowest BCUT2D eigenvalue weighted by Gasteiger charge is -2.32. The fraction of sp³-hybridized carbons (Fsp3) is 0.500. The average molecular weight is 253 g/mol. The zero-order valence-electron chi connectivity index (χ0n) is 11.0. The van der Waals surface area contributed by atoms with Crippen LogP contribution >= 0.6 is 0 Å². The molecule has 1 fully saturated rings. The van der Waals surface area contributed by atoms with Crippen LogP contribution in [0.25, 0.3) is 0 Å². The second-order valence-corrected chi connectivity index (χ2v) is 5.52. The molecule has 0 aromatic heterocycles. The topological polar surface area (TPSA) is 64.7 Å². The first-order chi connectivity index (χ1) is 8.14. The maximum Gasteiger partial charge on any atom is 0.495 e. The molecule has 0 amide bonds. The van der Waals surface area contributed by atoms with Crippen molar-refractivity contribution in [2.24, 2.45) is 0 Å². The Kier molecular flexibility index (Phi) is 2.83. The maximum absolute atomic E-state index is 13.5. The first kappa shape index (κ1) is 13.2. The van der Waals surface area contributed by atoms with Crippen molar-refractivity contribution in [3.05, 3.63) is 17.9 Å². The number of rotatable bonds is 1. The highest BCUT2D eigenvalue weighted by atomic mass is 19.1. The Balaban J connectivity index is 2.36. The molecule has 2 rings (SSSR count). The molecule has 0 saturated carbocycles. The number of phenols is 1. The second kappa shape index (κ2) is 3.86. The molecule has 1 heterocycles. The lowest BCUT2D eigenvalue weighted by atomic mass is 9.79. The van der Waals surface area contributed by atoms with Crippen LogP contribution in [-0.2, 0) is 9.31 Å². The summed E-state index contributed by atoms with van der Waals surface area (Å²) in [6.45, 7) is 7.61. The Hall–Kier alpha value is -1.27. The highest BCUT2D eigenvalue weighted by Crippen LogP contribution is 2.37. The minimum absolute atomic E-state index is 0.268. The summed E-state index contributed by atoms with van der Waals surface area (Å²) < 4.78 is 25.0. The Morgan fingerprint density at radius 3 is 2.11 bits per heavy atom. The summed E-state index contributed by atoms with van der Waals surface area (Å²) in [7, 11) is -0.712. The molecule has 18 heavy (non-hydrogen) atoms. The molecule has 0 atom stereocenters. The summed E-state index contributed by atoms with van der Waals surface area (Å²) in [5.74, 6) is -0.987. The van der Waals surface area contributed by atoms with Gasteiger partial charge in [-0.05, 0) is 45.3 Å². The third kappa shape index (κ3) is 1.95. The van der Waals surface area contributed by atoms with E-state index in [1.165, 1.54) is 12.1 Å². The number of phenolic OH excluding ortho intramolecular Hbond substituents is 1. The predicted octanol–water partition coefficient (Wildman–Crippen LogP) is 1.41. The molecule has 1 aromatic carbocycles. The monoisotopic (exact) mass is 253 g/mol. The van der Waals surface area contributed by atoms with Crippen LogP contribution in [0.15, 0.2) is 12.1 Å². The molecule has 0 spiro atoms. The van der Waals surface area contributed by atoms with Gasteiger partial charge in [-0.1, -0.05) is 0 Å². The number of hydrogen-bond donors (Lipinski definition) is 2. The summed E-state index contributed by atoms with van der Waals surface area (Å²) in [6.07, 6.45) is 0. The van der Waals surface area contributed by atoms with Gasteiger partial charge in [0.05, 0.1) is 11.2 Å². The minimum Gasteiger partial charge on any atom is -0.506 e. The summed E-state index contributed by atoms with van der Waals surface area (Å²) in [6, 6.07) is 2.58. The highest BCUT2D eigenvalue weighted by Gasteiger charge is 2.51. The van der Waals surface area contributed by atoms with Crippen LogP contribution in [0.4, 0.5) is 10.1 Å². The van der Waals surface area contributed by atoms with E-state index >= 15 is 0 Å². The van der Waals surface area contributed by atoms with E-state index in [-0.39, 0.29) is 11.4 Å². The van der Waals surface area contributed by atoms with Crippen LogP contribution in [0.2, 0.25) is 0 Å². The van der Waals surface area contributed by atoms with Crippen LogP contribution in [0.5, 0.6) is 5.75 Å². The van der Waals surface area contributed by atoms with E-state index in [1.807, 2.05) is 27.7 Å². The van der Waals surface area contributed by atoms with Gasteiger partial charge in [0.15, 0.2) is 0 Å². The number of benzene rings is 1. The summed E-state index contributed by atoms with van der Waals surface area (Å²) in [5.41, 5.74) is 4.48. The van der Waals surface area contributed by atoms with E-state index in [1.54, 1.807) is 0 Å². The molecule has 1 aliphatic heterocycles. The average Bonchev–Trinajstić information content (AvgIpc) is 2.44. The lowest BCUT2D eigenvalue weighted by molar-refractivity contribution is 0.00578. The zero-order valence-corrected chi connectivity index (χ0v) is 11.0. The second-order valence-electron chi connectivity index (χ2n) is 5.52. The molecule has 0 bridgehead atoms. The molecule has 1 aromatic rings. The van der Waals surface area contributed by atoms with Gasteiger partial charge in [0.25, 0.3) is 0 Å². The lowest BCUT2D eigenvalue weighted by Crippen LogP contribution is -2.41. The van der Waals surface area contributed by atoms with Gasteiger partial charge < -0.3 is 20.1 Å². The third-order valence-corrected chi connectivity index (χ3v) is 3.66. The number of hydrogen-bond acceptors (Lipinski definition) is 4. The van der Waals surface area contributed by atoms with E-state index in [0.29, 0.717) is 5.46 Å². The number of anilines is 1. The molecular weight excluding hydrogens is 236 g/mol. The van der Waals surface area contributed by atoms with Gasteiger partial charge in [0.2, 0.25) is 0 Å². The van der Waals surface area contributed by atoms with Crippen molar-refractivity contribution in [3.63, 3.8) is 0 Å². The Morgan fingerprint density at radius 1 is 1.17 bits per heavy atom. The van der Waals surface area contributed by atoms with Crippen molar-refractivity contribution in [3.8, 4) is 5.75 Å². The van der Waals surface area contributed by atoms with E-state index in [4.69, 9.17) is 15.0 Å². The maximum atomic E-state index is 13.5. The van der Waals surface area contributed by atoms with Crippen LogP contribution in [-0.4, -0.2) is 23.4 Å². The Morgan fingerprint density at radius 2 is 1.67 bits per heavy atom. The summed E-state index contributed by atoms with van der Waals surface area (Å²) in [4.78, 5) is 0. The van der Waals surface area contributed by atoms with Crippen molar-refractivity contribution in [2.75, 3.05) is 5.73 Å². The Bertz CT molecular complexity index is 451. The molecule has 0 radical (unpaired) electrons. The third-order valence-electron chi connectivity index (χ3n) is 3.66. The van der Waals surface area contributed by atoms with Crippen molar-refractivity contribution >= 4 is 18.3 Å². The van der Waals surface area contributed by atoms with E-state index < -0.39 is 24.1 Å². The van der Waals surface area contributed by atoms with Crippen LogP contribution in [0, 0.1) is 5.82 Å². The summed E-state index contributed by atoms with van der Waals surface area (Å²) in [5, 5.41) is 9.53. The molecule has 0 aliphatic carbocycles. The summed E-state index contributed by atoms with van der Waals surface area (Å²) >= 11 is 0. The fourth-order valence-electron chi connectivity index (χ4n) is 1.74. The van der Waals surface area contributed by atoms with Gasteiger partial charge >= 0.3 is 7.12 Å². The molecule has 0 unspecified atom stereocenters. The standard InChI is InChI=1S/C12H17BFNO3/c1-11(2)12(3,4)18-13(17-11)7-5-8(14)10(15)9(16)6-7/h5-6,16H,15H2,1-4H3. The largest absolute Gasteiger partial charge is 0.506 e. The molecule has 4 nitrogen and oxygen atoms in total. The zero-order chi connectivity index (χ0) is 13.7. The Labute approximate surface area is 106 Å². The quantitative estimate of drug-likeness (QED) is 0.451. The van der Waals surface area contributed by atoms with Crippen molar-refractivity contribution in [1.82, 2.24) is 0 Å². The minimum atomic E-state index is -0.712. The van der Waals surface area contributed by atoms with Crippen molar-refractivity contribution in [2.45, 2.75) is 38.9 Å². The highest BCUT2D eigenvalue weighted by molar-refractivity contribution is 6.62. The van der Waals surface area contributed by atoms with E-state index in [0.717, 1.165) is 0 Å². The van der Waals surface area contributed by atoms with Gasteiger partial charge in [-0.3, -0.25) is 0 Å². The van der Waals surface area contributed by atoms with E-state index in [2.05, 4.69) is 0 Å². The molecular formula is C12H17BFNO3. The molecule has 1 saturated heterocycles. The SMILES string of the molecule is CC1(C)OB(c2cc(O)c(N)c(F)c2)OC1(C)C. The van der Waals surface area contributed by atoms with Crippen LogP contribution in [0.3, 0.4) is 0 Å². The van der Waals surface area contributed by atoms with Crippen LogP contribution in [0.1, 0.15) is 27.7 Å². The van der Waals surface area contributed by atoms with Gasteiger partial charge in [-0.25, -0.2) is 4.39 Å². The van der Waals surface area contributed by atoms with Crippen molar-refractivity contribution in [1.29, 1.82) is 0 Å².